The molecule has 330 valence electrons. The highest BCUT2D eigenvalue weighted by molar-refractivity contribution is 6.14. The van der Waals surface area contributed by atoms with E-state index in [1.54, 1.807) is 0 Å². The molecule has 0 N–H and O–H groups in total. The molecule has 15 rings (SSSR count). The van der Waals surface area contributed by atoms with Crippen molar-refractivity contribution in [2.75, 3.05) is 4.90 Å². The molecule has 0 bridgehead atoms. The highest BCUT2D eigenvalue weighted by Crippen LogP contribution is 2.61. The lowest BCUT2D eigenvalue weighted by Gasteiger charge is -2.39. The maximum atomic E-state index is 2.53. The Balaban J connectivity index is 0.964. The number of fused-ring (bicyclic) bond motifs is 14. The number of rotatable bonds is 6. The average molecular weight is 901 g/mol. The summed E-state index contributed by atoms with van der Waals surface area (Å²) in [4.78, 5) is 2.51. The number of nitrogens with zero attached hydrogens (tertiary/aromatic N) is 2. The first-order chi connectivity index (χ1) is 35.3. The molecule has 0 fully saturated rings. The summed E-state index contributed by atoms with van der Waals surface area (Å²) in [6.45, 7) is 0. The molecule has 13 aromatic rings. The molecule has 0 amide bonds. The number of aromatic nitrogens is 1. The summed E-state index contributed by atoms with van der Waals surface area (Å²) in [5, 5.41) is 7.35. The molecular weight excluding hydrogens is 857 g/mol. The van der Waals surface area contributed by atoms with Gasteiger partial charge < -0.3 is 9.47 Å². The zero-order valence-electron chi connectivity index (χ0n) is 38.8. The molecule has 0 saturated heterocycles. The summed E-state index contributed by atoms with van der Waals surface area (Å²) >= 11 is 0. The van der Waals surface area contributed by atoms with Crippen molar-refractivity contribution in [3.63, 3.8) is 0 Å². The standard InChI is InChI=1S/C69H44N2/c1-2-19-45(20-3-1)47-23-16-24-48(43-47)52-26-9-13-35-63(52)70(64-38-17-22-46-21-4-5-25-51(46)64)66-42-41-50(53-27-6-7-29-56(53)66)49-39-40-55-54-28-8-11-32-59(54)69(62(55)44-49)60-33-12-15-37-67(60)71-65-36-14-10-30-57(65)58-31-18-34-61(69)68(58)71/h1-44H. The molecule has 2 heterocycles. The molecule has 12 aromatic carbocycles. The number of para-hydroxylation sites is 4. The van der Waals surface area contributed by atoms with Gasteiger partial charge in [0, 0.05) is 27.1 Å². The first-order valence-corrected chi connectivity index (χ1v) is 24.7. The van der Waals surface area contributed by atoms with Gasteiger partial charge in [-0.1, -0.05) is 224 Å². The van der Waals surface area contributed by atoms with Crippen molar-refractivity contribution in [2.45, 2.75) is 5.41 Å². The van der Waals surface area contributed by atoms with Gasteiger partial charge in [-0.3, -0.25) is 0 Å². The Morgan fingerprint density at radius 1 is 0.282 bits per heavy atom. The van der Waals surface area contributed by atoms with Crippen LogP contribution in [-0.2, 0) is 5.41 Å². The van der Waals surface area contributed by atoms with Gasteiger partial charge in [-0.2, -0.15) is 0 Å². The van der Waals surface area contributed by atoms with Crippen LogP contribution in [0.25, 0.3) is 93.5 Å². The number of hydrogen-bond acceptors (Lipinski definition) is 1. The summed E-state index contributed by atoms with van der Waals surface area (Å²) in [7, 11) is 0. The molecule has 1 unspecified atom stereocenters. The van der Waals surface area contributed by atoms with Gasteiger partial charge in [0.15, 0.2) is 0 Å². The van der Waals surface area contributed by atoms with Gasteiger partial charge in [-0.05, 0) is 114 Å². The van der Waals surface area contributed by atoms with E-state index in [0.29, 0.717) is 0 Å². The van der Waals surface area contributed by atoms with Gasteiger partial charge in [0.2, 0.25) is 0 Å². The number of anilines is 3. The van der Waals surface area contributed by atoms with Crippen LogP contribution in [0.3, 0.4) is 0 Å². The summed E-state index contributed by atoms with van der Waals surface area (Å²) in [5.74, 6) is 0. The minimum atomic E-state index is -0.537. The Morgan fingerprint density at radius 3 is 1.75 bits per heavy atom. The molecule has 0 radical (unpaired) electrons. The maximum absolute atomic E-state index is 2.53. The van der Waals surface area contributed by atoms with E-state index < -0.39 is 5.41 Å². The highest BCUT2D eigenvalue weighted by Gasteiger charge is 2.51. The molecule has 1 aliphatic carbocycles. The lowest BCUT2D eigenvalue weighted by atomic mass is 9.65. The zero-order chi connectivity index (χ0) is 46.6. The SMILES string of the molecule is c1ccc(-c2cccc(-c3ccccc3N(c3cccc4ccccc34)c3ccc(-c4ccc5c(c4)C4(c6ccccc6-5)c5ccccc5-n5c6ccccc6c6cccc4c65)c4ccccc34)c2)cc1. The van der Waals surface area contributed by atoms with E-state index in [0.717, 1.165) is 22.6 Å². The minimum absolute atomic E-state index is 0.537. The molecule has 71 heavy (non-hydrogen) atoms. The number of hydrogen-bond donors (Lipinski definition) is 0. The largest absolute Gasteiger partial charge is 0.309 e. The molecule has 0 saturated carbocycles. The minimum Gasteiger partial charge on any atom is -0.309 e. The second-order valence-electron chi connectivity index (χ2n) is 19.1. The van der Waals surface area contributed by atoms with Gasteiger partial charge in [0.25, 0.3) is 0 Å². The average Bonchev–Trinajstić information content (AvgIpc) is 3.95. The molecule has 1 atom stereocenters. The summed E-state index contributed by atoms with van der Waals surface area (Å²) in [6, 6.07) is 99.3. The van der Waals surface area contributed by atoms with Crippen LogP contribution in [0.4, 0.5) is 17.1 Å². The van der Waals surface area contributed by atoms with Crippen molar-refractivity contribution in [1.29, 1.82) is 0 Å². The fourth-order valence-corrected chi connectivity index (χ4v) is 12.7. The van der Waals surface area contributed by atoms with E-state index in [4.69, 9.17) is 0 Å². The zero-order valence-corrected chi connectivity index (χ0v) is 38.8. The number of benzene rings is 12. The van der Waals surface area contributed by atoms with Crippen molar-refractivity contribution in [2.24, 2.45) is 0 Å². The normalized spacial score (nSPS) is 14.3. The Hall–Kier alpha value is -9.24. The van der Waals surface area contributed by atoms with Crippen LogP contribution in [0.2, 0.25) is 0 Å². The molecular formula is C69H44N2. The summed E-state index contributed by atoms with van der Waals surface area (Å²) < 4.78 is 2.52. The van der Waals surface area contributed by atoms with Crippen LogP contribution in [-0.4, -0.2) is 4.57 Å². The predicted molar refractivity (Wildman–Crippen MR) is 298 cm³/mol. The van der Waals surface area contributed by atoms with Crippen molar-refractivity contribution in [3.05, 3.63) is 289 Å². The molecule has 2 heteroatoms. The molecule has 1 aliphatic heterocycles. The Morgan fingerprint density at radius 2 is 0.845 bits per heavy atom. The van der Waals surface area contributed by atoms with Gasteiger partial charge in [-0.25, -0.2) is 0 Å². The van der Waals surface area contributed by atoms with Crippen LogP contribution >= 0.6 is 0 Å². The monoisotopic (exact) mass is 900 g/mol. The summed E-state index contributed by atoms with van der Waals surface area (Å²) in [6.07, 6.45) is 0. The Bertz CT molecular complexity index is 4300. The van der Waals surface area contributed by atoms with Crippen LogP contribution < -0.4 is 4.90 Å². The quantitative estimate of drug-likeness (QED) is 0.161. The van der Waals surface area contributed by atoms with Gasteiger partial charge >= 0.3 is 0 Å². The second-order valence-corrected chi connectivity index (χ2v) is 19.1. The second kappa shape index (κ2) is 15.4. The molecule has 2 nitrogen and oxygen atoms in total. The Labute approximate surface area is 412 Å². The van der Waals surface area contributed by atoms with E-state index in [-0.39, 0.29) is 0 Å². The van der Waals surface area contributed by atoms with Crippen LogP contribution in [0, 0.1) is 0 Å². The van der Waals surface area contributed by atoms with Crippen LogP contribution in [0.5, 0.6) is 0 Å². The van der Waals surface area contributed by atoms with Crippen molar-refractivity contribution >= 4 is 60.4 Å². The smallest absolute Gasteiger partial charge is 0.0754 e. The lowest BCUT2D eigenvalue weighted by Crippen LogP contribution is -2.33. The third-order valence-corrected chi connectivity index (χ3v) is 15.6. The Kier molecular flexibility index (Phi) is 8.61. The van der Waals surface area contributed by atoms with Gasteiger partial charge in [0.05, 0.1) is 39.2 Å². The van der Waals surface area contributed by atoms with Gasteiger partial charge in [0.1, 0.15) is 0 Å². The van der Waals surface area contributed by atoms with Gasteiger partial charge in [-0.15, -0.1) is 0 Å². The third kappa shape index (κ3) is 5.65. The van der Waals surface area contributed by atoms with E-state index in [9.17, 15) is 0 Å². The van der Waals surface area contributed by atoms with Crippen molar-refractivity contribution in [1.82, 2.24) is 4.57 Å². The van der Waals surface area contributed by atoms with Crippen LogP contribution in [0.1, 0.15) is 22.3 Å². The third-order valence-electron chi connectivity index (χ3n) is 15.6. The first-order valence-electron chi connectivity index (χ1n) is 24.7. The summed E-state index contributed by atoms with van der Waals surface area (Å²) in [5.41, 5.74) is 21.6. The molecule has 1 aromatic heterocycles. The highest BCUT2D eigenvalue weighted by atomic mass is 15.1. The molecule has 2 aliphatic rings. The topological polar surface area (TPSA) is 8.17 Å². The van der Waals surface area contributed by atoms with E-state index in [1.807, 2.05) is 0 Å². The maximum Gasteiger partial charge on any atom is 0.0754 e. The fourth-order valence-electron chi connectivity index (χ4n) is 12.7. The first kappa shape index (κ1) is 39.7. The van der Waals surface area contributed by atoms with E-state index in [1.165, 1.54) is 110 Å². The van der Waals surface area contributed by atoms with Crippen molar-refractivity contribution < 1.29 is 0 Å². The van der Waals surface area contributed by atoms with E-state index >= 15 is 0 Å². The van der Waals surface area contributed by atoms with E-state index in [2.05, 4.69) is 276 Å². The van der Waals surface area contributed by atoms with Crippen molar-refractivity contribution in [3.8, 4) is 50.2 Å². The lowest BCUT2D eigenvalue weighted by molar-refractivity contribution is 0.749. The predicted octanol–water partition coefficient (Wildman–Crippen LogP) is 18.2. The van der Waals surface area contributed by atoms with Crippen LogP contribution in [0.15, 0.2) is 267 Å². The fraction of sp³-hybridized carbons (Fsp3) is 0.0145. The molecule has 1 spiro atoms.